The summed E-state index contributed by atoms with van der Waals surface area (Å²) in [5.74, 6) is 1.10. The van der Waals surface area contributed by atoms with Gasteiger partial charge in [-0.2, -0.15) is 5.10 Å². The number of anilines is 1. The van der Waals surface area contributed by atoms with Crippen LogP contribution in [-0.4, -0.2) is 23.2 Å². The SMILES string of the molecule is CCCCCn1nc(-c2ccccc2OC)c(C=O)c1N. The molecule has 0 aliphatic carbocycles. The predicted octanol–water partition coefficient (Wildman–Crippen LogP) is 3.14. The average molecular weight is 287 g/mol. The number of aromatic nitrogens is 2. The van der Waals surface area contributed by atoms with Crippen molar-refractivity contribution in [2.24, 2.45) is 0 Å². The third-order valence-electron chi connectivity index (χ3n) is 3.48. The smallest absolute Gasteiger partial charge is 0.156 e. The summed E-state index contributed by atoms with van der Waals surface area (Å²) in [5.41, 5.74) is 7.84. The molecule has 0 radical (unpaired) electrons. The number of nitrogens with zero attached hydrogens (tertiary/aromatic N) is 2. The van der Waals surface area contributed by atoms with Gasteiger partial charge in [0.25, 0.3) is 0 Å². The summed E-state index contributed by atoms with van der Waals surface area (Å²) in [6, 6.07) is 7.49. The van der Waals surface area contributed by atoms with Gasteiger partial charge >= 0.3 is 0 Å². The number of hydrogen-bond acceptors (Lipinski definition) is 4. The first-order valence-electron chi connectivity index (χ1n) is 7.17. The summed E-state index contributed by atoms with van der Waals surface area (Å²) >= 11 is 0. The first-order valence-corrected chi connectivity index (χ1v) is 7.17. The number of hydrogen-bond donors (Lipinski definition) is 1. The van der Waals surface area contributed by atoms with Crippen molar-refractivity contribution in [1.82, 2.24) is 9.78 Å². The van der Waals surface area contributed by atoms with Crippen molar-refractivity contribution in [3.63, 3.8) is 0 Å². The molecule has 2 N–H and O–H groups in total. The van der Waals surface area contributed by atoms with E-state index < -0.39 is 0 Å². The molecule has 2 aromatic rings. The predicted molar refractivity (Wildman–Crippen MR) is 83.5 cm³/mol. The van der Waals surface area contributed by atoms with Crippen LogP contribution in [-0.2, 0) is 6.54 Å². The van der Waals surface area contributed by atoms with Crippen molar-refractivity contribution < 1.29 is 9.53 Å². The molecule has 5 nitrogen and oxygen atoms in total. The number of nitrogen functional groups attached to an aromatic ring is 1. The molecule has 5 heteroatoms. The van der Waals surface area contributed by atoms with E-state index in [0.29, 0.717) is 22.8 Å². The number of nitrogens with two attached hydrogens (primary N) is 1. The van der Waals surface area contributed by atoms with Gasteiger partial charge in [-0.15, -0.1) is 0 Å². The summed E-state index contributed by atoms with van der Waals surface area (Å²) in [5, 5.41) is 4.51. The highest BCUT2D eigenvalue weighted by Crippen LogP contribution is 2.32. The average Bonchev–Trinajstić information content (AvgIpc) is 2.83. The van der Waals surface area contributed by atoms with Crippen LogP contribution in [0.4, 0.5) is 5.82 Å². The van der Waals surface area contributed by atoms with E-state index in [2.05, 4.69) is 12.0 Å². The molecule has 0 saturated heterocycles. The maximum atomic E-state index is 11.4. The van der Waals surface area contributed by atoms with Crippen LogP contribution in [0, 0.1) is 0 Å². The highest BCUT2D eigenvalue weighted by atomic mass is 16.5. The van der Waals surface area contributed by atoms with Crippen LogP contribution in [0.5, 0.6) is 5.75 Å². The number of aldehydes is 1. The fourth-order valence-electron chi connectivity index (χ4n) is 2.33. The van der Waals surface area contributed by atoms with Gasteiger partial charge in [-0.25, -0.2) is 4.68 Å². The van der Waals surface area contributed by atoms with Gasteiger partial charge in [0, 0.05) is 12.1 Å². The lowest BCUT2D eigenvalue weighted by atomic mass is 10.1. The number of para-hydroxylation sites is 1. The maximum absolute atomic E-state index is 11.4. The Morgan fingerprint density at radius 2 is 2.10 bits per heavy atom. The highest BCUT2D eigenvalue weighted by Gasteiger charge is 2.18. The molecule has 0 aliphatic heterocycles. The minimum atomic E-state index is 0.419. The number of methoxy groups -OCH3 is 1. The summed E-state index contributed by atoms with van der Waals surface area (Å²) in [6.45, 7) is 2.86. The van der Waals surface area contributed by atoms with Crippen LogP contribution < -0.4 is 10.5 Å². The monoisotopic (exact) mass is 287 g/mol. The molecule has 0 fully saturated rings. The second-order valence-corrected chi connectivity index (χ2v) is 4.90. The molecule has 0 unspecified atom stereocenters. The number of aryl methyl sites for hydroxylation is 1. The second kappa shape index (κ2) is 6.92. The van der Waals surface area contributed by atoms with Crippen molar-refractivity contribution in [2.45, 2.75) is 32.7 Å². The molecule has 1 aromatic heterocycles. The molecule has 0 amide bonds. The molecule has 112 valence electrons. The largest absolute Gasteiger partial charge is 0.496 e. The quantitative estimate of drug-likeness (QED) is 0.627. The molecule has 2 rings (SSSR count). The lowest BCUT2D eigenvalue weighted by Gasteiger charge is -2.05. The van der Waals surface area contributed by atoms with Crippen molar-refractivity contribution in [2.75, 3.05) is 12.8 Å². The zero-order valence-corrected chi connectivity index (χ0v) is 12.5. The van der Waals surface area contributed by atoms with E-state index >= 15 is 0 Å². The lowest BCUT2D eigenvalue weighted by Crippen LogP contribution is -2.05. The Morgan fingerprint density at radius 3 is 2.76 bits per heavy atom. The van der Waals surface area contributed by atoms with Gasteiger partial charge in [-0.3, -0.25) is 4.79 Å². The summed E-state index contributed by atoms with van der Waals surface area (Å²) in [4.78, 5) is 11.4. The standard InChI is InChI=1S/C16H21N3O2/c1-3-4-7-10-19-16(17)13(11-20)15(18-19)12-8-5-6-9-14(12)21-2/h5-6,8-9,11H,3-4,7,10,17H2,1-2H3. The van der Waals surface area contributed by atoms with Crippen molar-refractivity contribution >= 4 is 12.1 Å². The molecular formula is C16H21N3O2. The fourth-order valence-corrected chi connectivity index (χ4v) is 2.33. The molecule has 0 spiro atoms. The van der Waals surface area contributed by atoms with E-state index in [1.54, 1.807) is 11.8 Å². The molecule has 0 saturated carbocycles. The van der Waals surface area contributed by atoms with E-state index in [0.717, 1.165) is 37.7 Å². The maximum Gasteiger partial charge on any atom is 0.156 e. The Labute approximate surface area is 124 Å². The van der Waals surface area contributed by atoms with Gasteiger partial charge in [-0.05, 0) is 18.6 Å². The Kier molecular flexibility index (Phi) is 4.98. The molecule has 0 atom stereocenters. The van der Waals surface area contributed by atoms with Crippen molar-refractivity contribution in [3.8, 4) is 17.0 Å². The third-order valence-corrected chi connectivity index (χ3v) is 3.48. The molecule has 0 aliphatic rings. The van der Waals surface area contributed by atoms with Crippen LogP contribution in [0.1, 0.15) is 36.5 Å². The first-order chi connectivity index (χ1) is 10.2. The Balaban J connectivity index is 2.43. The van der Waals surface area contributed by atoms with Gasteiger partial charge in [0.2, 0.25) is 0 Å². The zero-order chi connectivity index (χ0) is 15.2. The zero-order valence-electron chi connectivity index (χ0n) is 12.5. The number of unbranched alkanes of at least 4 members (excludes halogenated alkanes) is 2. The van der Waals surface area contributed by atoms with Crippen molar-refractivity contribution in [3.05, 3.63) is 29.8 Å². The van der Waals surface area contributed by atoms with Gasteiger partial charge in [0.05, 0.1) is 12.7 Å². The van der Waals surface area contributed by atoms with E-state index in [-0.39, 0.29) is 0 Å². The van der Waals surface area contributed by atoms with Gasteiger partial charge < -0.3 is 10.5 Å². The number of ether oxygens (including phenoxy) is 1. The minimum absolute atomic E-state index is 0.419. The topological polar surface area (TPSA) is 70.1 Å². The molecule has 21 heavy (non-hydrogen) atoms. The molecule has 1 heterocycles. The van der Waals surface area contributed by atoms with E-state index in [1.807, 2.05) is 24.3 Å². The van der Waals surface area contributed by atoms with Crippen LogP contribution >= 0.6 is 0 Å². The molecule has 0 bridgehead atoms. The first kappa shape index (κ1) is 15.1. The second-order valence-electron chi connectivity index (χ2n) is 4.90. The minimum Gasteiger partial charge on any atom is -0.496 e. The Bertz CT molecular complexity index is 620. The normalized spacial score (nSPS) is 10.6. The lowest BCUT2D eigenvalue weighted by molar-refractivity contribution is 0.112. The van der Waals surface area contributed by atoms with Gasteiger partial charge in [0.15, 0.2) is 6.29 Å². The highest BCUT2D eigenvalue weighted by molar-refractivity contribution is 5.92. The summed E-state index contributed by atoms with van der Waals surface area (Å²) in [7, 11) is 1.60. The molecular weight excluding hydrogens is 266 g/mol. The van der Waals surface area contributed by atoms with Gasteiger partial charge in [0.1, 0.15) is 17.3 Å². The summed E-state index contributed by atoms with van der Waals surface area (Å²) < 4.78 is 7.05. The fraction of sp³-hybridized carbons (Fsp3) is 0.375. The number of carbonyl (C=O) groups is 1. The van der Waals surface area contributed by atoms with E-state index in [1.165, 1.54) is 0 Å². The van der Waals surface area contributed by atoms with E-state index in [9.17, 15) is 4.79 Å². The Hall–Kier alpha value is -2.30. The van der Waals surface area contributed by atoms with Gasteiger partial charge in [-0.1, -0.05) is 31.9 Å². The Morgan fingerprint density at radius 1 is 1.33 bits per heavy atom. The van der Waals surface area contributed by atoms with Crippen LogP contribution in [0.25, 0.3) is 11.3 Å². The number of carbonyl (C=O) groups excluding carboxylic acids is 1. The van der Waals surface area contributed by atoms with Crippen LogP contribution in [0.15, 0.2) is 24.3 Å². The van der Waals surface area contributed by atoms with Crippen LogP contribution in [0.3, 0.4) is 0 Å². The van der Waals surface area contributed by atoms with E-state index in [4.69, 9.17) is 10.5 Å². The van der Waals surface area contributed by atoms with Crippen LogP contribution in [0.2, 0.25) is 0 Å². The number of rotatable bonds is 7. The van der Waals surface area contributed by atoms with Crippen molar-refractivity contribution in [1.29, 1.82) is 0 Å². The third kappa shape index (κ3) is 3.07. The number of benzene rings is 1. The molecule has 1 aromatic carbocycles. The summed E-state index contributed by atoms with van der Waals surface area (Å²) in [6.07, 6.45) is 3.99.